The van der Waals surface area contributed by atoms with Gasteiger partial charge in [-0.25, -0.2) is 4.79 Å². The smallest absolute Gasteiger partial charge is 0.335 e. The molecule has 0 aliphatic rings. The topological polar surface area (TPSA) is 37.3 Å². The van der Waals surface area contributed by atoms with E-state index < -0.39 is 5.97 Å². The summed E-state index contributed by atoms with van der Waals surface area (Å²) in [4.78, 5) is 10.8. The number of aromatic carboxylic acids is 1. The first kappa shape index (κ1) is 14.6. The van der Waals surface area contributed by atoms with Gasteiger partial charge in [-0.15, -0.1) is 0 Å². The molecule has 0 aliphatic carbocycles. The van der Waals surface area contributed by atoms with E-state index in [0.717, 1.165) is 19.3 Å². The summed E-state index contributed by atoms with van der Waals surface area (Å²) < 4.78 is 0. The van der Waals surface area contributed by atoms with Crippen molar-refractivity contribution in [2.24, 2.45) is 0 Å². The van der Waals surface area contributed by atoms with Gasteiger partial charge < -0.3 is 5.11 Å². The zero-order valence-corrected chi connectivity index (χ0v) is 10.9. The van der Waals surface area contributed by atoms with Crippen molar-refractivity contribution < 1.29 is 9.90 Å². The van der Waals surface area contributed by atoms with Crippen molar-refractivity contribution in [1.82, 2.24) is 0 Å². The van der Waals surface area contributed by atoms with Crippen LogP contribution in [0.3, 0.4) is 0 Å². The number of benzene rings is 1. The minimum atomic E-state index is -0.944. The van der Waals surface area contributed by atoms with Gasteiger partial charge in [0.1, 0.15) is 0 Å². The van der Waals surface area contributed by atoms with Gasteiger partial charge in [-0.3, -0.25) is 0 Å². The number of hydrogen-bond donors (Lipinski definition) is 1. The van der Waals surface area contributed by atoms with E-state index in [1.54, 1.807) is 36.4 Å². The zero-order valence-electron chi connectivity index (χ0n) is 10.9. The van der Waals surface area contributed by atoms with Crippen molar-refractivity contribution in [3.8, 4) is 23.7 Å². The van der Waals surface area contributed by atoms with Gasteiger partial charge in [0.2, 0.25) is 0 Å². The van der Waals surface area contributed by atoms with E-state index >= 15 is 0 Å². The second-order valence-electron chi connectivity index (χ2n) is 3.91. The van der Waals surface area contributed by atoms with Crippen LogP contribution in [-0.4, -0.2) is 11.1 Å². The van der Waals surface area contributed by atoms with Gasteiger partial charge in [-0.2, -0.15) is 0 Å². The van der Waals surface area contributed by atoms with Crippen LogP contribution in [0.4, 0.5) is 0 Å². The Kier molecular flexibility index (Phi) is 6.62. The first-order valence-corrected chi connectivity index (χ1v) is 6.22. The van der Waals surface area contributed by atoms with Gasteiger partial charge in [0, 0.05) is 12.0 Å². The Morgan fingerprint density at radius 3 is 2.84 bits per heavy atom. The number of unbranched alkanes of at least 4 members (excludes halogenated alkanes) is 2. The zero-order chi connectivity index (χ0) is 13.9. The Hall–Kier alpha value is -2.45. The van der Waals surface area contributed by atoms with Crippen LogP contribution in [0.1, 0.15) is 42.1 Å². The highest BCUT2D eigenvalue weighted by atomic mass is 16.4. The van der Waals surface area contributed by atoms with E-state index in [1.165, 1.54) is 0 Å². The van der Waals surface area contributed by atoms with Crippen molar-refractivity contribution in [3.63, 3.8) is 0 Å². The van der Waals surface area contributed by atoms with Crippen LogP contribution in [0, 0.1) is 23.7 Å². The van der Waals surface area contributed by atoms with Gasteiger partial charge in [0.05, 0.1) is 5.56 Å². The molecule has 0 fully saturated rings. The second kappa shape index (κ2) is 8.61. The van der Waals surface area contributed by atoms with Crippen LogP contribution in [0.15, 0.2) is 36.4 Å². The molecule has 0 aliphatic heterocycles. The second-order valence-corrected chi connectivity index (χ2v) is 3.91. The van der Waals surface area contributed by atoms with E-state index in [4.69, 9.17) is 5.11 Å². The molecule has 0 unspecified atom stereocenters. The molecule has 0 heterocycles. The molecule has 0 radical (unpaired) electrons. The first-order valence-electron chi connectivity index (χ1n) is 6.22. The summed E-state index contributed by atoms with van der Waals surface area (Å²) in [5, 5.41) is 8.84. The molecule has 0 saturated heterocycles. The average molecular weight is 252 g/mol. The molecule has 0 atom stereocenters. The lowest BCUT2D eigenvalue weighted by Crippen LogP contribution is -1.95. The Labute approximate surface area is 114 Å². The normalized spacial score (nSPS) is 9.32. The number of carbonyl (C=O) groups is 1. The monoisotopic (exact) mass is 252 g/mol. The largest absolute Gasteiger partial charge is 0.478 e. The number of allylic oxidation sites excluding steroid dienone is 2. The van der Waals surface area contributed by atoms with Crippen molar-refractivity contribution >= 4 is 5.97 Å². The SMILES string of the molecule is CCCCC#CC=CC#Cc1cccc(C(=O)O)c1. The van der Waals surface area contributed by atoms with Crippen LogP contribution in [0.2, 0.25) is 0 Å². The molecule has 0 spiro atoms. The van der Waals surface area contributed by atoms with Crippen molar-refractivity contribution in [2.75, 3.05) is 0 Å². The van der Waals surface area contributed by atoms with Crippen molar-refractivity contribution in [3.05, 3.63) is 47.5 Å². The third-order valence-corrected chi connectivity index (χ3v) is 2.33. The molecule has 1 rings (SSSR count). The quantitative estimate of drug-likeness (QED) is 0.660. The van der Waals surface area contributed by atoms with Crippen molar-refractivity contribution in [1.29, 1.82) is 0 Å². The van der Waals surface area contributed by atoms with Gasteiger partial charge in [-0.1, -0.05) is 43.1 Å². The summed E-state index contributed by atoms with van der Waals surface area (Å²) >= 11 is 0. The highest BCUT2D eigenvalue weighted by Crippen LogP contribution is 2.03. The highest BCUT2D eigenvalue weighted by molar-refractivity contribution is 5.88. The average Bonchev–Trinajstić information content (AvgIpc) is 2.42. The minimum Gasteiger partial charge on any atom is -0.478 e. The van der Waals surface area contributed by atoms with Crippen LogP contribution in [0.5, 0.6) is 0 Å². The molecular weight excluding hydrogens is 236 g/mol. The fourth-order valence-corrected chi connectivity index (χ4v) is 1.33. The number of rotatable bonds is 3. The lowest BCUT2D eigenvalue weighted by molar-refractivity contribution is 0.0697. The number of carboxylic acids is 1. The number of carboxylic acid groups (broad SMARTS) is 1. The third-order valence-electron chi connectivity index (χ3n) is 2.33. The van der Waals surface area contributed by atoms with Crippen molar-refractivity contribution in [2.45, 2.75) is 26.2 Å². The molecule has 0 amide bonds. The molecule has 1 aromatic rings. The molecule has 96 valence electrons. The number of hydrogen-bond acceptors (Lipinski definition) is 1. The molecule has 1 aromatic carbocycles. The lowest BCUT2D eigenvalue weighted by Gasteiger charge is -1.93. The Balaban J connectivity index is 2.58. The van der Waals surface area contributed by atoms with Crippen LogP contribution in [0.25, 0.3) is 0 Å². The highest BCUT2D eigenvalue weighted by Gasteiger charge is 2.00. The Bertz CT molecular complexity index is 575. The van der Waals surface area contributed by atoms with Gasteiger partial charge in [0.15, 0.2) is 0 Å². The molecule has 2 nitrogen and oxygen atoms in total. The van der Waals surface area contributed by atoms with Crippen LogP contribution >= 0.6 is 0 Å². The van der Waals surface area contributed by atoms with E-state index in [9.17, 15) is 4.79 Å². The van der Waals surface area contributed by atoms with Crippen LogP contribution < -0.4 is 0 Å². The fourth-order valence-electron chi connectivity index (χ4n) is 1.33. The van der Waals surface area contributed by atoms with E-state index in [2.05, 4.69) is 30.6 Å². The fraction of sp³-hybridized carbons (Fsp3) is 0.235. The maximum absolute atomic E-state index is 10.8. The standard InChI is InChI=1S/C17H16O2/c1-2-3-4-5-6-7-8-9-11-15-12-10-13-16(14-15)17(18)19/h7-8,10,12-14H,2-4H2,1H3,(H,18,19). The summed E-state index contributed by atoms with van der Waals surface area (Å²) in [6.45, 7) is 2.13. The molecule has 0 bridgehead atoms. The summed E-state index contributed by atoms with van der Waals surface area (Å²) in [6, 6.07) is 6.56. The van der Waals surface area contributed by atoms with E-state index in [-0.39, 0.29) is 5.56 Å². The molecule has 0 saturated carbocycles. The maximum Gasteiger partial charge on any atom is 0.335 e. The molecular formula is C17H16O2. The van der Waals surface area contributed by atoms with Gasteiger partial charge in [-0.05, 0) is 36.8 Å². The summed E-state index contributed by atoms with van der Waals surface area (Å²) in [6.07, 6.45) is 6.57. The molecule has 19 heavy (non-hydrogen) atoms. The molecule has 1 N–H and O–H groups in total. The summed E-state index contributed by atoms with van der Waals surface area (Å²) in [5.41, 5.74) is 0.929. The first-order chi connectivity index (χ1) is 9.24. The molecule has 2 heteroatoms. The summed E-state index contributed by atoms with van der Waals surface area (Å²) in [5.74, 6) is 10.7. The van der Waals surface area contributed by atoms with Gasteiger partial charge in [0.25, 0.3) is 0 Å². The summed E-state index contributed by atoms with van der Waals surface area (Å²) in [7, 11) is 0. The predicted octanol–water partition coefficient (Wildman–Crippen LogP) is 3.49. The van der Waals surface area contributed by atoms with Gasteiger partial charge >= 0.3 is 5.97 Å². The third kappa shape index (κ3) is 6.15. The van der Waals surface area contributed by atoms with E-state index in [1.807, 2.05) is 0 Å². The predicted molar refractivity (Wildman–Crippen MR) is 76.7 cm³/mol. The Morgan fingerprint density at radius 1 is 1.32 bits per heavy atom. The minimum absolute atomic E-state index is 0.245. The lowest BCUT2D eigenvalue weighted by atomic mass is 10.1. The van der Waals surface area contributed by atoms with Crippen LogP contribution in [-0.2, 0) is 0 Å². The molecule has 0 aromatic heterocycles. The Morgan fingerprint density at radius 2 is 2.11 bits per heavy atom. The maximum atomic E-state index is 10.8. The van der Waals surface area contributed by atoms with E-state index in [0.29, 0.717) is 5.56 Å².